The van der Waals surface area contributed by atoms with Crippen LogP contribution in [0.15, 0.2) is 30.3 Å². The van der Waals surface area contributed by atoms with Gasteiger partial charge in [0.25, 0.3) is 0 Å². The second-order valence-corrected chi connectivity index (χ2v) is 8.52. The largest absolute Gasteiger partial charge is 0.505 e. The average molecular weight is 514 g/mol. The summed E-state index contributed by atoms with van der Waals surface area (Å²) in [7, 11) is 0. The van der Waals surface area contributed by atoms with E-state index >= 15 is 0 Å². The minimum atomic E-state index is -1.95. The van der Waals surface area contributed by atoms with Crippen molar-refractivity contribution in [3.8, 4) is 23.0 Å². The van der Waals surface area contributed by atoms with Crippen molar-refractivity contribution in [1.82, 2.24) is 0 Å². The van der Waals surface area contributed by atoms with Gasteiger partial charge in [-0.05, 0) is 12.1 Å². The first kappa shape index (κ1) is 21.0. The van der Waals surface area contributed by atoms with Crippen molar-refractivity contribution >= 4 is 58.3 Å². The fourth-order valence-corrected chi connectivity index (χ4v) is 5.12. The van der Waals surface area contributed by atoms with Gasteiger partial charge in [0.2, 0.25) is 0 Å². The highest BCUT2D eigenvalue weighted by molar-refractivity contribution is 6.41. The summed E-state index contributed by atoms with van der Waals surface area (Å²) in [6.07, 6.45) is 0. The van der Waals surface area contributed by atoms with Crippen LogP contribution in [-0.2, 0) is 10.3 Å². The van der Waals surface area contributed by atoms with E-state index < -0.39 is 44.6 Å². The number of carbonyl (C=O) groups is 2. The van der Waals surface area contributed by atoms with Crippen molar-refractivity contribution in [2.24, 2.45) is 0 Å². The van der Waals surface area contributed by atoms with Gasteiger partial charge in [-0.25, -0.2) is 9.59 Å². The van der Waals surface area contributed by atoms with E-state index in [0.717, 1.165) is 0 Å². The number of hydrogen-bond acceptors (Lipinski definition) is 6. The maximum Gasteiger partial charge on any atom is 0.340 e. The molecule has 0 fully saturated rings. The van der Waals surface area contributed by atoms with Crippen molar-refractivity contribution in [3.63, 3.8) is 0 Å². The van der Waals surface area contributed by atoms with E-state index in [2.05, 4.69) is 0 Å². The van der Waals surface area contributed by atoms with Crippen LogP contribution in [0.1, 0.15) is 37.4 Å². The van der Waals surface area contributed by atoms with Gasteiger partial charge in [-0.1, -0.05) is 64.6 Å². The second kappa shape index (κ2) is 6.83. The first-order chi connectivity index (χ1) is 15.1. The third-order valence-electron chi connectivity index (χ3n) is 5.38. The fourth-order valence-electron chi connectivity index (χ4n) is 4.08. The number of halogens is 4. The van der Waals surface area contributed by atoms with Gasteiger partial charge in [0.15, 0.2) is 28.6 Å². The van der Waals surface area contributed by atoms with E-state index in [0.29, 0.717) is 0 Å². The lowest BCUT2D eigenvalue weighted by molar-refractivity contribution is 0.0215. The summed E-state index contributed by atoms with van der Waals surface area (Å²) in [6.45, 7) is 0. The predicted octanol–water partition coefficient (Wildman–Crippen LogP) is 5.98. The van der Waals surface area contributed by atoms with E-state index in [-0.39, 0.29) is 43.8 Å². The van der Waals surface area contributed by atoms with Gasteiger partial charge < -0.3 is 24.8 Å². The molecule has 0 aromatic heterocycles. The van der Waals surface area contributed by atoms with Crippen LogP contribution in [0.3, 0.4) is 0 Å². The molecule has 0 saturated carbocycles. The van der Waals surface area contributed by atoms with Crippen LogP contribution in [0.4, 0.5) is 0 Å². The molecule has 0 amide bonds. The number of phenolic OH excluding ortho intramolecular Hbond substituents is 2. The Bertz CT molecular complexity index is 1400. The first-order valence-corrected chi connectivity index (χ1v) is 10.3. The Balaban J connectivity index is 2.06. The number of esters is 1. The average Bonchev–Trinajstić information content (AvgIpc) is 3.05. The molecule has 1 unspecified atom stereocenters. The zero-order valence-electron chi connectivity index (χ0n) is 15.4. The number of fused-ring (bicyclic) bond motifs is 6. The van der Waals surface area contributed by atoms with E-state index in [9.17, 15) is 24.9 Å². The summed E-state index contributed by atoms with van der Waals surface area (Å²) < 4.78 is 11.6. The molecule has 7 nitrogen and oxygen atoms in total. The molecule has 11 heteroatoms. The van der Waals surface area contributed by atoms with Gasteiger partial charge in [-0.3, -0.25) is 0 Å². The van der Waals surface area contributed by atoms with Crippen LogP contribution in [0.25, 0.3) is 0 Å². The number of rotatable bonds is 1. The smallest absolute Gasteiger partial charge is 0.340 e. The second-order valence-electron chi connectivity index (χ2n) is 6.98. The molecular weight excluding hydrogens is 506 g/mol. The Morgan fingerprint density at radius 3 is 2.25 bits per heavy atom. The van der Waals surface area contributed by atoms with Gasteiger partial charge >= 0.3 is 11.9 Å². The molecule has 0 aliphatic carbocycles. The summed E-state index contributed by atoms with van der Waals surface area (Å²) in [4.78, 5) is 25.1. The number of carbonyl (C=O) groups excluding carboxylic acids is 1. The molecule has 162 valence electrons. The maximum atomic E-state index is 12.9. The van der Waals surface area contributed by atoms with Crippen molar-refractivity contribution in [1.29, 1.82) is 0 Å². The number of benzene rings is 3. The third-order valence-corrected chi connectivity index (χ3v) is 6.74. The lowest BCUT2D eigenvalue weighted by Crippen LogP contribution is -2.35. The maximum absolute atomic E-state index is 12.9. The van der Waals surface area contributed by atoms with Crippen molar-refractivity contribution < 1.29 is 34.4 Å². The molecule has 0 radical (unpaired) electrons. The van der Waals surface area contributed by atoms with E-state index in [1.54, 1.807) is 18.2 Å². The number of aromatic carboxylic acids is 1. The number of hydrogen-bond donors (Lipinski definition) is 3. The summed E-state index contributed by atoms with van der Waals surface area (Å²) in [6, 6.07) is 7.51. The van der Waals surface area contributed by atoms with Gasteiger partial charge in [0.05, 0.1) is 32.3 Å². The first-order valence-electron chi connectivity index (χ1n) is 8.81. The Morgan fingerprint density at radius 2 is 1.56 bits per heavy atom. The number of carboxylic acids is 1. The molecule has 2 aliphatic heterocycles. The molecule has 3 N–H and O–H groups in total. The van der Waals surface area contributed by atoms with E-state index in [1.807, 2.05) is 0 Å². The molecular formula is C21H8Cl4O7. The van der Waals surface area contributed by atoms with E-state index in [4.69, 9.17) is 55.9 Å². The summed E-state index contributed by atoms with van der Waals surface area (Å²) >= 11 is 24.9. The van der Waals surface area contributed by atoms with Crippen molar-refractivity contribution in [2.45, 2.75) is 5.60 Å². The quantitative estimate of drug-likeness (QED) is 0.343. The highest BCUT2D eigenvalue weighted by Gasteiger charge is 2.57. The molecule has 0 bridgehead atoms. The third kappa shape index (κ3) is 2.45. The number of carboxylic acid groups (broad SMARTS) is 1. The highest BCUT2D eigenvalue weighted by Crippen LogP contribution is 2.63. The minimum Gasteiger partial charge on any atom is -0.505 e. The summed E-state index contributed by atoms with van der Waals surface area (Å²) in [5.74, 6) is -4.12. The predicted molar refractivity (Wildman–Crippen MR) is 115 cm³/mol. The van der Waals surface area contributed by atoms with Crippen LogP contribution in [-0.4, -0.2) is 27.3 Å². The van der Waals surface area contributed by atoms with Gasteiger partial charge in [0.1, 0.15) is 10.0 Å². The zero-order chi connectivity index (χ0) is 23.1. The minimum absolute atomic E-state index is 0.0384. The van der Waals surface area contributed by atoms with Crippen molar-refractivity contribution in [2.75, 3.05) is 0 Å². The monoisotopic (exact) mass is 512 g/mol. The molecule has 2 heterocycles. The van der Waals surface area contributed by atoms with Crippen LogP contribution in [0.2, 0.25) is 20.1 Å². The Morgan fingerprint density at radius 1 is 0.906 bits per heavy atom. The van der Waals surface area contributed by atoms with E-state index in [1.165, 1.54) is 12.1 Å². The normalized spacial score (nSPS) is 17.9. The number of ether oxygens (including phenoxy) is 2. The summed E-state index contributed by atoms with van der Waals surface area (Å²) in [5, 5.41) is 29.0. The molecule has 0 saturated heterocycles. The lowest BCUT2D eigenvalue weighted by Gasteiger charge is -2.38. The molecule has 1 atom stereocenters. The van der Waals surface area contributed by atoms with Crippen molar-refractivity contribution in [3.05, 3.63) is 78.2 Å². The number of phenols is 2. The van der Waals surface area contributed by atoms with Crippen LogP contribution < -0.4 is 4.74 Å². The standard InChI is InChI=1S/C21H8Cl4O7/c22-9-5-8-17(13(24)15(9)26)31-18-11(10(19(28)29)12(23)16(27)14(18)25)21(8)7-4-2-1-3-6(7)20(30)32-21/h1-5,26-27H,(H,28,29). The van der Waals surface area contributed by atoms with Crippen LogP contribution >= 0.6 is 46.4 Å². The SMILES string of the molecule is O=C1OC2(c3ccccc31)c1cc(Cl)c(O)c(Cl)c1Oc1c(Cl)c(O)c(Cl)c(C(=O)O)c12. The molecule has 1 spiro atoms. The Hall–Kier alpha value is -2.84. The molecule has 3 aromatic carbocycles. The zero-order valence-corrected chi connectivity index (χ0v) is 18.4. The van der Waals surface area contributed by atoms with Gasteiger partial charge in [-0.2, -0.15) is 0 Å². The Kier molecular flexibility index (Phi) is 4.49. The molecule has 5 rings (SSSR count). The topological polar surface area (TPSA) is 113 Å². The van der Waals surface area contributed by atoms with Crippen LogP contribution in [0.5, 0.6) is 23.0 Å². The highest BCUT2D eigenvalue weighted by atomic mass is 35.5. The lowest BCUT2D eigenvalue weighted by atomic mass is 9.75. The number of aromatic hydroxyl groups is 2. The van der Waals surface area contributed by atoms with Gasteiger partial charge in [0, 0.05) is 5.56 Å². The molecule has 32 heavy (non-hydrogen) atoms. The Labute approximate surface area is 199 Å². The molecule has 2 aliphatic rings. The van der Waals surface area contributed by atoms with Gasteiger partial charge in [-0.15, -0.1) is 0 Å². The fraction of sp³-hybridized carbons (Fsp3) is 0.0476. The van der Waals surface area contributed by atoms with Crippen LogP contribution in [0, 0.1) is 0 Å². The molecule has 3 aromatic rings. The summed E-state index contributed by atoms with van der Waals surface area (Å²) in [5.41, 5.74) is -2.36.